The van der Waals surface area contributed by atoms with Crippen LogP contribution in [-0.2, 0) is 13.0 Å². The van der Waals surface area contributed by atoms with Crippen LogP contribution in [0.3, 0.4) is 0 Å². The monoisotopic (exact) mass is 459 g/mol. The van der Waals surface area contributed by atoms with Crippen LogP contribution < -0.4 is 15.4 Å². The van der Waals surface area contributed by atoms with Crippen molar-refractivity contribution in [2.45, 2.75) is 26.3 Å². The molecule has 1 aromatic carbocycles. The van der Waals surface area contributed by atoms with E-state index < -0.39 is 0 Å². The summed E-state index contributed by atoms with van der Waals surface area (Å²) >= 11 is 1.74. The smallest absolute Gasteiger partial charge is 0.191 e. The van der Waals surface area contributed by atoms with Crippen LogP contribution in [0.2, 0.25) is 0 Å². The molecule has 0 bridgehead atoms. The quantitative estimate of drug-likeness (QED) is 0.356. The molecule has 0 unspecified atom stereocenters. The van der Waals surface area contributed by atoms with E-state index in [1.54, 1.807) is 18.4 Å². The number of hydrogen-bond acceptors (Lipinski definition) is 3. The van der Waals surface area contributed by atoms with E-state index >= 15 is 0 Å². The topological polar surface area (TPSA) is 45.6 Å². The molecule has 24 heavy (non-hydrogen) atoms. The van der Waals surface area contributed by atoms with Gasteiger partial charge in [0.2, 0.25) is 0 Å². The molecule has 132 valence electrons. The first-order valence-corrected chi connectivity index (χ1v) is 8.88. The van der Waals surface area contributed by atoms with Crippen molar-refractivity contribution in [3.8, 4) is 5.75 Å². The summed E-state index contributed by atoms with van der Waals surface area (Å²) in [6, 6.07) is 12.5. The number of ether oxygens (including phenoxy) is 1. The number of aliphatic imine (C=N–C) groups is 1. The normalized spacial score (nSPS) is 10.8. The Morgan fingerprint density at radius 3 is 2.79 bits per heavy atom. The number of nitrogens with zero attached hydrogens (tertiary/aromatic N) is 1. The third-order valence-electron chi connectivity index (χ3n) is 3.31. The molecule has 0 amide bonds. The van der Waals surface area contributed by atoms with Crippen LogP contribution in [0.4, 0.5) is 0 Å². The fourth-order valence-electron chi connectivity index (χ4n) is 2.14. The molecule has 0 aliphatic rings. The molecule has 1 aromatic heterocycles. The lowest BCUT2D eigenvalue weighted by Crippen LogP contribution is -2.37. The zero-order chi connectivity index (χ0) is 16.3. The van der Waals surface area contributed by atoms with Crippen molar-refractivity contribution in [3.05, 3.63) is 52.2 Å². The Balaban J connectivity index is 0.00000288. The highest BCUT2D eigenvalue weighted by Crippen LogP contribution is 2.13. The van der Waals surface area contributed by atoms with Crippen molar-refractivity contribution in [2.24, 2.45) is 4.99 Å². The molecular formula is C18H26IN3OS. The minimum Gasteiger partial charge on any atom is -0.494 e. The lowest BCUT2D eigenvalue weighted by Gasteiger charge is -2.12. The summed E-state index contributed by atoms with van der Waals surface area (Å²) < 4.78 is 5.67. The molecule has 0 fully saturated rings. The van der Waals surface area contributed by atoms with Crippen molar-refractivity contribution < 1.29 is 4.74 Å². The number of thiophene rings is 1. The summed E-state index contributed by atoms with van der Waals surface area (Å²) in [5.74, 6) is 1.78. The van der Waals surface area contributed by atoms with Crippen molar-refractivity contribution in [1.82, 2.24) is 10.6 Å². The summed E-state index contributed by atoms with van der Waals surface area (Å²) in [5, 5.41) is 8.75. The highest BCUT2D eigenvalue weighted by molar-refractivity contribution is 14.0. The molecule has 4 nitrogen and oxygen atoms in total. The zero-order valence-corrected chi connectivity index (χ0v) is 17.4. The highest BCUT2D eigenvalue weighted by atomic mass is 127. The third-order valence-corrected chi connectivity index (χ3v) is 4.19. The van der Waals surface area contributed by atoms with E-state index in [1.165, 1.54) is 10.4 Å². The lowest BCUT2D eigenvalue weighted by atomic mass is 10.1. The van der Waals surface area contributed by atoms with E-state index in [-0.39, 0.29) is 24.0 Å². The first-order valence-electron chi connectivity index (χ1n) is 8.00. The third kappa shape index (κ3) is 7.53. The van der Waals surface area contributed by atoms with Crippen LogP contribution in [-0.4, -0.2) is 26.2 Å². The van der Waals surface area contributed by atoms with Crippen LogP contribution in [0.25, 0.3) is 0 Å². The van der Waals surface area contributed by atoms with E-state index in [4.69, 9.17) is 4.74 Å². The number of halogens is 1. The predicted molar refractivity (Wildman–Crippen MR) is 114 cm³/mol. The van der Waals surface area contributed by atoms with Crippen molar-refractivity contribution in [2.75, 3.05) is 20.2 Å². The maximum atomic E-state index is 5.67. The molecule has 1 heterocycles. The van der Waals surface area contributed by atoms with Gasteiger partial charge in [-0.1, -0.05) is 25.1 Å². The average molecular weight is 459 g/mol. The predicted octanol–water partition coefficient (Wildman–Crippen LogP) is 4.06. The van der Waals surface area contributed by atoms with E-state index in [1.807, 2.05) is 12.1 Å². The van der Waals surface area contributed by atoms with Crippen molar-refractivity contribution in [3.63, 3.8) is 0 Å². The Hall–Kier alpha value is -1.28. The van der Waals surface area contributed by atoms with E-state index in [2.05, 4.69) is 52.2 Å². The number of rotatable bonds is 8. The molecule has 0 saturated heterocycles. The highest BCUT2D eigenvalue weighted by Gasteiger charge is 2.00. The van der Waals surface area contributed by atoms with E-state index in [0.29, 0.717) is 0 Å². The molecule has 6 heteroatoms. The van der Waals surface area contributed by atoms with Gasteiger partial charge in [-0.2, -0.15) is 0 Å². The first kappa shape index (κ1) is 20.8. The van der Waals surface area contributed by atoms with E-state index in [0.717, 1.165) is 44.2 Å². The maximum Gasteiger partial charge on any atom is 0.191 e. The molecule has 0 spiro atoms. The molecule has 2 N–H and O–H groups in total. The van der Waals surface area contributed by atoms with Gasteiger partial charge >= 0.3 is 0 Å². The Kier molecular flexibility index (Phi) is 10.5. The lowest BCUT2D eigenvalue weighted by molar-refractivity contribution is 0.317. The molecule has 0 atom stereocenters. The molecule has 0 saturated carbocycles. The molecule has 2 rings (SSSR count). The second kappa shape index (κ2) is 12.1. The number of hydrogen-bond donors (Lipinski definition) is 2. The zero-order valence-electron chi connectivity index (χ0n) is 14.2. The summed E-state index contributed by atoms with van der Waals surface area (Å²) in [4.78, 5) is 5.55. The first-order chi connectivity index (χ1) is 11.3. The van der Waals surface area contributed by atoms with Gasteiger partial charge in [0.15, 0.2) is 5.96 Å². The second-order valence-electron chi connectivity index (χ2n) is 5.18. The Morgan fingerprint density at radius 1 is 1.21 bits per heavy atom. The van der Waals surface area contributed by atoms with E-state index in [9.17, 15) is 0 Å². The van der Waals surface area contributed by atoms with Gasteiger partial charge in [-0.25, -0.2) is 0 Å². The number of benzene rings is 1. The summed E-state index contributed by atoms with van der Waals surface area (Å²) in [6.07, 6.45) is 1.96. The number of guanidine groups is 1. The molecular weight excluding hydrogens is 433 g/mol. The maximum absolute atomic E-state index is 5.67. The largest absolute Gasteiger partial charge is 0.494 e. The molecule has 0 radical (unpaired) electrons. The fourth-order valence-corrected chi connectivity index (χ4v) is 2.79. The standard InChI is InChI=1S/C18H25N3OS.HI/c1-3-11-22-16-7-4-6-15(13-16)9-10-20-18(19-2)21-14-17-8-5-12-23-17;/h4-8,12-13H,3,9-11,14H2,1-2H3,(H2,19,20,21);1H. The van der Waals surface area contributed by atoms with Gasteiger partial charge in [-0.05, 0) is 42.0 Å². The van der Waals surface area contributed by atoms with Crippen LogP contribution >= 0.6 is 35.3 Å². The van der Waals surface area contributed by atoms with Crippen LogP contribution in [0.1, 0.15) is 23.8 Å². The molecule has 0 aliphatic carbocycles. The van der Waals surface area contributed by atoms with Crippen molar-refractivity contribution in [1.29, 1.82) is 0 Å². The van der Waals surface area contributed by atoms with Gasteiger partial charge < -0.3 is 15.4 Å². The average Bonchev–Trinajstić information content (AvgIpc) is 3.10. The minimum absolute atomic E-state index is 0. The second-order valence-corrected chi connectivity index (χ2v) is 6.21. The van der Waals surface area contributed by atoms with Gasteiger partial charge in [-0.15, -0.1) is 35.3 Å². The van der Waals surface area contributed by atoms with Crippen LogP contribution in [0.15, 0.2) is 46.8 Å². The summed E-state index contributed by atoms with van der Waals surface area (Å²) in [7, 11) is 1.79. The summed E-state index contributed by atoms with van der Waals surface area (Å²) in [6.45, 7) is 4.52. The Bertz CT molecular complexity index is 602. The van der Waals surface area contributed by atoms with Gasteiger partial charge in [0.05, 0.1) is 13.2 Å². The van der Waals surface area contributed by atoms with Gasteiger partial charge in [-0.3, -0.25) is 4.99 Å². The van der Waals surface area contributed by atoms with Crippen molar-refractivity contribution >= 4 is 41.3 Å². The molecule has 0 aliphatic heterocycles. The van der Waals surface area contributed by atoms with Crippen LogP contribution in [0.5, 0.6) is 5.75 Å². The van der Waals surface area contributed by atoms with Crippen LogP contribution in [0, 0.1) is 0 Å². The summed E-state index contributed by atoms with van der Waals surface area (Å²) in [5.41, 5.74) is 1.26. The SMILES string of the molecule is CCCOc1cccc(CCNC(=NC)NCc2cccs2)c1.I. The minimum atomic E-state index is 0. The van der Waals surface area contributed by atoms with Gasteiger partial charge in [0.1, 0.15) is 5.75 Å². The van der Waals surface area contributed by atoms with Gasteiger partial charge in [0.25, 0.3) is 0 Å². The number of nitrogens with one attached hydrogen (secondary N) is 2. The van der Waals surface area contributed by atoms with Gasteiger partial charge in [0, 0.05) is 18.5 Å². The fraction of sp³-hybridized carbons (Fsp3) is 0.389. The Morgan fingerprint density at radius 2 is 2.08 bits per heavy atom. The Labute approximate surface area is 165 Å². The molecule has 2 aromatic rings.